The summed E-state index contributed by atoms with van der Waals surface area (Å²) in [7, 11) is 0. The molecule has 0 saturated heterocycles. The Bertz CT molecular complexity index is 792. The second-order valence-corrected chi connectivity index (χ2v) is 6.41. The minimum Gasteiger partial charge on any atom is -0.348 e. The van der Waals surface area contributed by atoms with Crippen LogP contribution in [-0.4, -0.2) is 30.1 Å². The lowest BCUT2D eigenvalue weighted by molar-refractivity contribution is 0.0956. The molecule has 134 valence electrons. The van der Waals surface area contributed by atoms with Crippen LogP contribution in [0, 0.1) is 20.8 Å². The second kappa shape index (κ2) is 8.37. The number of hydrogen-bond acceptors (Lipinski definition) is 2. The molecular formula is C20H26ClN3O. The molecule has 2 aromatic rings. The molecule has 0 fully saturated rings. The third-order valence-electron chi connectivity index (χ3n) is 4.67. The van der Waals surface area contributed by atoms with E-state index in [4.69, 9.17) is 0 Å². The third kappa shape index (κ3) is 4.14. The van der Waals surface area contributed by atoms with E-state index in [1.807, 2.05) is 32.0 Å². The van der Waals surface area contributed by atoms with Gasteiger partial charge in [-0.25, -0.2) is 0 Å². The van der Waals surface area contributed by atoms with E-state index in [1.54, 1.807) is 0 Å². The topological polar surface area (TPSA) is 46.1 Å². The highest BCUT2D eigenvalue weighted by atomic mass is 35.5. The Morgan fingerprint density at radius 3 is 2.68 bits per heavy atom. The van der Waals surface area contributed by atoms with E-state index in [0.717, 1.165) is 42.1 Å². The Hall–Kier alpha value is -2.04. The Morgan fingerprint density at radius 2 is 2.00 bits per heavy atom. The molecule has 1 aromatic heterocycles. The number of rotatable bonds is 4. The van der Waals surface area contributed by atoms with E-state index in [9.17, 15) is 4.79 Å². The minimum absolute atomic E-state index is 0. The van der Waals surface area contributed by atoms with Crippen molar-refractivity contribution in [2.75, 3.05) is 19.6 Å². The van der Waals surface area contributed by atoms with Gasteiger partial charge < -0.3 is 15.2 Å². The number of aromatic nitrogens is 1. The average Bonchev–Trinajstić information content (AvgIpc) is 2.89. The molecule has 0 saturated carbocycles. The molecule has 5 heteroatoms. The van der Waals surface area contributed by atoms with E-state index < -0.39 is 0 Å². The lowest BCUT2D eigenvalue weighted by Crippen LogP contribution is -2.29. The van der Waals surface area contributed by atoms with Crippen molar-refractivity contribution in [3.8, 4) is 5.69 Å². The quantitative estimate of drug-likeness (QED) is 0.821. The van der Waals surface area contributed by atoms with Gasteiger partial charge in [-0.1, -0.05) is 29.8 Å². The molecule has 0 spiro atoms. The molecule has 1 aromatic carbocycles. The van der Waals surface area contributed by atoms with Gasteiger partial charge in [-0.2, -0.15) is 0 Å². The van der Waals surface area contributed by atoms with E-state index in [2.05, 4.69) is 40.3 Å². The first-order valence-electron chi connectivity index (χ1n) is 8.49. The maximum Gasteiger partial charge on any atom is 0.253 e. The van der Waals surface area contributed by atoms with Gasteiger partial charge in [0.15, 0.2) is 0 Å². The first-order valence-corrected chi connectivity index (χ1v) is 8.49. The van der Waals surface area contributed by atoms with Crippen molar-refractivity contribution >= 4 is 18.3 Å². The molecule has 4 nitrogen and oxygen atoms in total. The van der Waals surface area contributed by atoms with E-state index in [1.165, 1.54) is 11.1 Å². The van der Waals surface area contributed by atoms with Crippen LogP contribution >= 0.6 is 12.4 Å². The summed E-state index contributed by atoms with van der Waals surface area (Å²) < 4.78 is 2.16. The fraction of sp³-hybridized carbons (Fsp3) is 0.350. The van der Waals surface area contributed by atoms with Gasteiger partial charge in [-0.15, -0.1) is 12.4 Å². The van der Waals surface area contributed by atoms with Crippen LogP contribution < -0.4 is 10.6 Å². The zero-order chi connectivity index (χ0) is 17.1. The highest BCUT2D eigenvalue weighted by Gasteiger charge is 2.17. The zero-order valence-corrected chi connectivity index (χ0v) is 15.9. The van der Waals surface area contributed by atoms with Gasteiger partial charge in [0.2, 0.25) is 0 Å². The number of nitrogens with one attached hydrogen (secondary N) is 2. The van der Waals surface area contributed by atoms with Crippen molar-refractivity contribution in [2.24, 2.45) is 0 Å². The van der Waals surface area contributed by atoms with Crippen LogP contribution in [0.3, 0.4) is 0 Å². The number of halogens is 1. The normalized spacial score (nSPS) is 13.8. The van der Waals surface area contributed by atoms with Crippen molar-refractivity contribution in [1.82, 2.24) is 15.2 Å². The highest BCUT2D eigenvalue weighted by Crippen LogP contribution is 2.23. The van der Waals surface area contributed by atoms with Crippen LogP contribution in [0.2, 0.25) is 0 Å². The molecule has 1 amide bonds. The maximum atomic E-state index is 12.6. The summed E-state index contributed by atoms with van der Waals surface area (Å²) in [6.45, 7) is 8.67. The van der Waals surface area contributed by atoms with Crippen molar-refractivity contribution in [3.05, 3.63) is 64.5 Å². The number of aryl methyl sites for hydroxylation is 2. The first kappa shape index (κ1) is 19.3. The van der Waals surface area contributed by atoms with E-state index in [-0.39, 0.29) is 18.3 Å². The van der Waals surface area contributed by atoms with Crippen LogP contribution in [-0.2, 0) is 0 Å². The van der Waals surface area contributed by atoms with Crippen molar-refractivity contribution < 1.29 is 4.79 Å². The minimum atomic E-state index is 0. The summed E-state index contributed by atoms with van der Waals surface area (Å²) in [5.74, 6) is 0.00219. The highest BCUT2D eigenvalue weighted by molar-refractivity contribution is 5.96. The van der Waals surface area contributed by atoms with Gasteiger partial charge in [0.25, 0.3) is 5.91 Å². The fourth-order valence-corrected chi connectivity index (χ4v) is 3.30. The van der Waals surface area contributed by atoms with Gasteiger partial charge in [0.05, 0.1) is 5.56 Å². The van der Waals surface area contributed by atoms with Gasteiger partial charge >= 0.3 is 0 Å². The van der Waals surface area contributed by atoms with Crippen LogP contribution in [0.25, 0.3) is 5.69 Å². The van der Waals surface area contributed by atoms with Gasteiger partial charge in [-0.3, -0.25) is 4.79 Å². The Morgan fingerprint density at radius 1 is 1.24 bits per heavy atom. The van der Waals surface area contributed by atoms with Gasteiger partial charge in [-0.05, 0) is 51.4 Å². The van der Waals surface area contributed by atoms with Crippen molar-refractivity contribution in [2.45, 2.75) is 27.2 Å². The molecule has 0 atom stereocenters. The second-order valence-electron chi connectivity index (χ2n) is 6.41. The van der Waals surface area contributed by atoms with Crippen LogP contribution in [0.5, 0.6) is 0 Å². The number of para-hydroxylation sites is 1. The Kier molecular flexibility index (Phi) is 6.45. The summed E-state index contributed by atoms with van der Waals surface area (Å²) in [5, 5.41) is 6.35. The molecule has 0 aliphatic carbocycles. The van der Waals surface area contributed by atoms with E-state index in [0.29, 0.717) is 6.54 Å². The van der Waals surface area contributed by atoms with Crippen molar-refractivity contribution in [1.29, 1.82) is 0 Å². The molecule has 2 N–H and O–H groups in total. The molecule has 2 heterocycles. The largest absolute Gasteiger partial charge is 0.348 e. The first-order chi connectivity index (χ1) is 11.6. The molecule has 1 aliphatic rings. The standard InChI is InChI=1S/C20H25N3O.ClH/c1-14-6-4-5-7-19(14)23-15(2)12-18(16(23)3)20(24)22-13-17-8-10-21-11-9-17;/h4-8,12,21H,9-11,13H2,1-3H3,(H,22,24);1H. The predicted octanol–water partition coefficient (Wildman–Crippen LogP) is 3.47. The van der Waals surface area contributed by atoms with Crippen LogP contribution in [0.1, 0.15) is 33.7 Å². The zero-order valence-electron chi connectivity index (χ0n) is 15.1. The number of nitrogens with zero attached hydrogens (tertiary/aromatic N) is 1. The summed E-state index contributed by atoms with van der Waals surface area (Å²) in [4.78, 5) is 12.6. The molecule has 0 bridgehead atoms. The average molecular weight is 360 g/mol. The molecule has 0 radical (unpaired) electrons. The number of carbonyl (C=O) groups excluding carboxylic acids is 1. The number of amides is 1. The summed E-state index contributed by atoms with van der Waals surface area (Å²) in [6.07, 6.45) is 3.17. The molecule has 1 aliphatic heterocycles. The maximum absolute atomic E-state index is 12.6. The third-order valence-corrected chi connectivity index (χ3v) is 4.67. The lowest BCUT2D eigenvalue weighted by Gasteiger charge is -2.15. The molecule has 3 rings (SSSR count). The van der Waals surface area contributed by atoms with Gasteiger partial charge in [0, 0.05) is 30.2 Å². The van der Waals surface area contributed by atoms with Crippen LogP contribution in [0.15, 0.2) is 42.0 Å². The monoisotopic (exact) mass is 359 g/mol. The Labute approximate surface area is 155 Å². The Balaban J connectivity index is 0.00000225. The number of benzene rings is 1. The lowest BCUT2D eigenvalue weighted by atomic mass is 10.1. The summed E-state index contributed by atoms with van der Waals surface area (Å²) in [5.41, 5.74) is 6.45. The van der Waals surface area contributed by atoms with E-state index >= 15 is 0 Å². The number of carbonyl (C=O) groups is 1. The van der Waals surface area contributed by atoms with Gasteiger partial charge in [0.1, 0.15) is 0 Å². The summed E-state index contributed by atoms with van der Waals surface area (Å²) in [6, 6.07) is 10.2. The smallest absolute Gasteiger partial charge is 0.253 e. The predicted molar refractivity (Wildman–Crippen MR) is 105 cm³/mol. The molecule has 0 unspecified atom stereocenters. The van der Waals surface area contributed by atoms with Crippen LogP contribution in [0.4, 0.5) is 0 Å². The molecule has 25 heavy (non-hydrogen) atoms. The fourth-order valence-electron chi connectivity index (χ4n) is 3.30. The molecular weight excluding hydrogens is 334 g/mol. The summed E-state index contributed by atoms with van der Waals surface area (Å²) >= 11 is 0. The SMILES string of the molecule is Cc1ccccc1-n1c(C)cc(C(=O)NCC2=CCNCC2)c1C.Cl. The number of hydrogen-bond donors (Lipinski definition) is 2. The van der Waals surface area contributed by atoms with Crippen molar-refractivity contribution in [3.63, 3.8) is 0 Å².